The summed E-state index contributed by atoms with van der Waals surface area (Å²) in [5.74, 6) is 2.54. The summed E-state index contributed by atoms with van der Waals surface area (Å²) in [6.45, 7) is 4.29. The summed E-state index contributed by atoms with van der Waals surface area (Å²) in [6.07, 6.45) is 0.135. The van der Waals surface area contributed by atoms with Crippen LogP contribution in [0, 0.1) is 5.92 Å². The highest BCUT2D eigenvalue weighted by Crippen LogP contribution is 2.33. The van der Waals surface area contributed by atoms with Gasteiger partial charge in [-0.2, -0.15) is 11.8 Å². The highest BCUT2D eigenvalue weighted by molar-refractivity contribution is 7.99. The van der Waals surface area contributed by atoms with E-state index in [1.54, 1.807) is 34.9 Å². The average Bonchev–Trinajstić information content (AvgIpc) is 3.04. The number of aliphatic hydroxyl groups excluding tert-OH is 2. The van der Waals surface area contributed by atoms with Gasteiger partial charge < -0.3 is 25.3 Å². The number of nitrogens with two attached hydrogens (primary N) is 1. The van der Waals surface area contributed by atoms with Crippen LogP contribution in [0.25, 0.3) is 11.0 Å². The molecule has 7 nitrogen and oxygen atoms in total. The van der Waals surface area contributed by atoms with Gasteiger partial charge in [-0.25, -0.2) is 9.97 Å². The number of thioether (sulfide) groups is 1. The van der Waals surface area contributed by atoms with Crippen LogP contribution < -0.4 is 5.73 Å². The minimum atomic E-state index is -1.01. The van der Waals surface area contributed by atoms with Crippen molar-refractivity contribution < 1.29 is 14.9 Å². The van der Waals surface area contributed by atoms with Crippen molar-refractivity contribution in [3.8, 4) is 0 Å². The molecule has 1 fully saturated rings. The van der Waals surface area contributed by atoms with Crippen LogP contribution in [0.3, 0.4) is 0 Å². The predicted octanol–water partition coefficient (Wildman–Crippen LogP) is 1.02. The summed E-state index contributed by atoms with van der Waals surface area (Å²) in [5, 5.41) is 20.6. The maximum Gasteiger partial charge on any atom is 0.164 e. The Morgan fingerprint density at radius 2 is 2.13 bits per heavy atom. The van der Waals surface area contributed by atoms with Gasteiger partial charge in [0.05, 0.1) is 17.9 Å². The van der Waals surface area contributed by atoms with Gasteiger partial charge in [0.2, 0.25) is 0 Å². The zero-order chi connectivity index (χ0) is 16.6. The van der Waals surface area contributed by atoms with Crippen molar-refractivity contribution in [2.24, 2.45) is 5.92 Å². The molecule has 0 spiro atoms. The molecule has 2 aromatic rings. The number of hydrogen-bond acceptors (Lipinski definition) is 7. The molecule has 4 N–H and O–H groups in total. The molecule has 4 atom stereocenters. The monoisotopic (exact) mass is 338 g/mol. The Balaban J connectivity index is 1.78. The third-order valence-electron chi connectivity index (χ3n) is 3.87. The molecule has 0 bridgehead atoms. The van der Waals surface area contributed by atoms with Crippen molar-refractivity contribution in [3.05, 3.63) is 18.6 Å². The number of aromatic nitrogens is 3. The van der Waals surface area contributed by atoms with Crippen LogP contribution >= 0.6 is 11.8 Å². The van der Waals surface area contributed by atoms with Crippen molar-refractivity contribution in [2.75, 3.05) is 17.2 Å². The standard InChI is InChI=1S/C15H22N4O3S/c1-8(2)5-23-6-10-12(20)13(21)15(22-10)19-7-18-11-9(19)3-4-17-14(11)16/h3-4,7-8,10,12-13,15,20-21H,5-6H2,1-2H3,(H2,16,17)/t10-,12-,13+,15-/m1/s1. The molecule has 0 amide bonds. The lowest BCUT2D eigenvalue weighted by atomic mass is 10.1. The first-order valence-electron chi connectivity index (χ1n) is 7.65. The second-order valence-electron chi connectivity index (χ2n) is 6.19. The quantitative estimate of drug-likeness (QED) is 0.747. The Morgan fingerprint density at radius 1 is 1.35 bits per heavy atom. The van der Waals surface area contributed by atoms with E-state index in [-0.39, 0.29) is 0 Å². The van der Waals surface area contributed by atoms with Crippen molar-refractivity contribution in [1.29, 1.82) is 0 Å². The van der Waals surface area contributed by atoms with E-state index in [0.717, 1.165) is 11.3 Å². The van der Waals surface area contributed by atoms with Crippen molar-refractivity contribution >= 4 is 28.6 Å². The van der Waals surface area contributed by atoms with Gasteiger partial charge in [-0.15, -0.1) is 0 Å². The largest absolute Gasteiger partial charge is 0.387 e. The number of anilines is 1. The second-order valence-corrected chi connectivity index (χ2v) is 7.27. The Labute approximate surface area is 138 Å². The lowest BCUT2D eigenvalue weighted by Crippen LogP contribution is -2.32. The molecule has 0 aliphatic carbocycles. The second kappa shape index (κ2) is 6.64. The zero-order valence-electron chi connectivity index (χ0n) is 13.2. The Kier molecular flexibility index (Phi) is 4.77. The molecule has 1 saturated heterocycles. The van der Waals surface area contributed by atoms with E-state index in [1.807, 2.05) is 0 Å². The number of imidazole rings is 1. The number of pyridine rings is 1. The van der Waals surface area contributed by atoms with E-state index in [2.05, 4.69) is 23.8 Å². The predicted molar refractivity (Wildman–Crippen MR) is 90.0 cm³/mol. The molecule has 8 heteroatoms. The maximum atomic E-state index is 10.4. The summed E-state index contributed by atoms with van der Waals surface area (Å²) >= 11 is 1.72. The molecule has 3 heterocycles. The number of fused-ring (bicyclic) bond motifs is 1. The summed E-state index contributed by atoms with van der Waals surface area (Å²) in [5.41, 5.74) is 7.10. The Hall–Kier alpha value is -1.35. The fourth-order valence-corrected chi connectivity index (χ4v) is 3.82. The number of nitrogen functional groups attached to an aromatic ring is 1. The van der Waals surface area contributed by atoms with E-state index in [0.29, 0.717) is 23.0 Å². The van der Waals surface area contributed by atoms with Gasteiger partial charge in [0.1, 0.15) is 17.7 Å². The van der Waals surface area contributed by atoms with Crippen LogP contribution in [0.15, 0.2) is 18.6 Å². The molecule has 0 unspecified atom stereocenters. The summed E-state index contributed by atoms with van der Waals surface area (Å²) < 4.78 is 7.60. The number of rotatable bonds is 5. The molecule has 0 saturated carbocycles. The fraction of sp³-hybridized carbons (Fsp3) is 0.600. The minimum Gasteiger partial charge on any atom is -0.387 e. The van der Waals surface area contributed by atoms with Crippen molar-refractivity contribution in [1.82, 2.24) is 14.5 Å². The average molecular weight is 338 g/mol. The van der Waals surface area contributed by atoms with Crippen molar-refractivity contribution in [2.45, 2.75) is 38.4 Å². The van der Waals surface area contributed by atoms with Crippen LogP contribution in [0.5, 0.6) is 0 Å². The SMILES string of the molecule is CC(C)CSC[C@H]1O[C@@H](n2cnc3c(N)nccc32)[C@@H](O)[C@@H]1O. The first kappa shape index (κ1) is 16.5. The van der Waals surface area contributed by atoms with Crippen LogP contribution in [-0.2, 0) is 4.74 Å². The topological polar surface area (TPSA) is 106 Å². The van der Waals surface area contributed by atoms with E-state index >= 15 is 0 Å². The van der Waals surface area contributed by atoms with Crippen LogP contribution in [0.4, 0.5) is 5.82 Å². The molecule has 0 aromatic carbocycles. The molecule has 126 valence electrons. The van der Waals surface area contributed by atoms with E-state index in [1.165, 1.54) is 0 Å². The molecule has 1 aliphatic heterocycles. The van der Waals surface area contributed by atoms with Crippen LogP contribution in [0.1, 0.15) is 20.1 Å². The Morgan fingerprint density at radius 3 is 2.87 bits per heavy atom. The molecule has 23 heavy (non-hydrogen) atoms. The molecule has 1 aliphatic rings. The van der Waals surface area contributed by atoms with Crippen molar-refractivity contribution in [3.63, 3.8) is 0 Å². The highest BCUT2D eigenvalue weighted by atomic mass is 32.2. The van der Waals surface area contributed by atoms with Crippen LogP contribution in [-0.4, -0.2) is 54.6 Å². The van der Waals surface area contributed by atoms with Gasteiger partial charge >= 0.3 is 0 Å². The van der Waals surface area contributed by atoms with Gasteiger partial charge in [0.25, 0.3) is 0 Å². The molecule has 3 rings (SSSR count). The fourth-order valence-electron chi connectivity index (χ4n) is 2.70. The van der Waals surface area contributed by atoms with Gasteiger partial charge in [-0.3, -0.25) is 0 Å². The number of ether oxygens (including phenoxy) is 1. The third-order valence-corrected chi connectivity index (χ3v) is 5.33. The van der Waals surface area contributed by atoms with Gasteiger partial charge in [-0.1, -0.05) is 13.8 Å². The maximum absolute atomic E-state index is 10.4. The molecular weight excluding hydrogens is 316 g/mol. The minimum absolute atomic E-state index is 0.332. The van der Waals surface area contributed by atoms with Gasteiger partial charge in [-0.05, 0) is 17.7 Å². The normalized spacial score (nSPS) is 28.0. The Bertz CT molecular complexity index is 678. The van der Waals surface area contributed by atoms with E-state index in [4.69, 9.17) is 10.5 Å². The zero-order valence-corrected chi connectivity index (χ0v) is 14.0. The molecule has 2 aromatic heterocycles. The van der Waals surface area contributed by atoms with E-state index in [9.17, 15) is 10.2 Å². The smallest absolute Gasteiger partial charge is 0.164 e. The lowest BCUT2D eigenvalue weighted by molar-refractivity contribution is -0.0285. The third kappa shape index (κ3) is 3.16. The van der Waals surface area contributed by atoms with Gasteiger partial charge in [0, 0.05) is 11.9 Å². The van der Waals surface area contributed by atoms with Crippen LogP contribution in [0.2, 0.25) is 0 Å². The first-order valence-corrected chi connectivity index (χ1v) is 8.81. The van der Waals surface area contributed by atoms with Gasteiger partial charge in [0.15, 0.2) is 12.0 Å². The number of nitrogens with zero attached hydrogens (tertiary/aromatic N) is 3. The summed E-state index contributed by atoms with van der Waals surface area (Å²) in [7, 11) is 0. The molecule has 0 radical (unpaired) electrons. The number of aliphatic hydroxyl groups is 2. The summed E-state index contributed by atoms with van der Waals surface area (Å²) in [6, 6.07) is 1.77. The molecular formula is C15H22N4O3S. The highest BCUT2D eigenvalue weighted by Gasteiger charge is 2.43. The summed E-state index contributed by atoms with van der Waals surface area (Å²) in [4.78, 5) is 8.23. The number of hydrogen-bond donors (Lipinski definition) is 3. The first-order chi connectivity index (χ1) is 11.0. The van der Waals surface area contributed by atoms with E-state index < -0.39 is 24.5 Å². The lowest BCUT2D eigenvalue weighted by Gasteiger charge is -2.17.